The maximum Gasteiger partial charge on any atom is 0.161 e. The molecule has 5 heteroatoms. The van der Waals surface area contributed by atoms with Crippen LogP contribution in [0.1, 0.15) is 31.4 Å². The molecule has 0 aliphatic heterocycles. The Hall–Kier alpha value is -1.59. The molecule has 104 valence electrons. The van der Waals surface area contributed by atoms with E-state index in [-0.39, 0.29) is 0 Å². The Bertz CT molecular complexity index is 593. The minimum absolute atomic E-state index is 0.582. The number of anilines is 1. The van der Waals surface area contributed by atoms with Crippen LogP contribution in [0.4, 0.5) is 5.82 Å². The maximum absolute atomic E-state index is 5.51. The van der Waals surface area contributed by atoms with Crippen molar-refractivity contribution in [2.75, 3.05) is 11.2 Å². The fourth-order valence-electron chi connectivity index (χ4n) is 2.12. The molecular weight excluding hydrogens is 268 g/mol. The quantitative estimate of drug-likeness (QED) is 0.501. The maximum atomic E-state index is 5.51. The summed E-state index contributed by atoms with van der Waals surface area (Å²) in [5.41, 5.74) is 4.76. The number of hydrogen-bond acceptors (Lipinski definition) is 5. The van der Waals surface area contributed by atoms with Gasteiger partial charge in [0.05, 0.1) is 0 Å². The monoisotopic (exact) mass is 286 g/mol. The summed E-state index contributed by atoms with van der Waals surface area (Å²) in [4.78, 5) is 10.4. The first-order chi connectivity index (χ1) is 9.80. The highest BCUT2D eigenvalue weighted by Crippen LogP contribution is 2.40. The predicted molar refractivity (Wildman–Crippen MR) is 83.7 cm³/mol. The minimum Gasteiger partial charge on any atom is -0.308 e. The van der Waals surface area contributed by atoms with E-state index in [1.54, 1.807) is 0 Å². The van der Waals surface area contributed by atoms with Gasteiger partial charge in [-0.3, -0.25) is 0 Å². The van der Waals surface area contributed by atoms with Gasteiger partial charge in [-0.2, -0.15) is 0 Å². The Kier molecular flexibility index (Phi) is 3.89. The van der Waals surface area contributed by atoms with Gasteiger partial charge in [-0.15, -0.1) is 11.8 Å². The summed E-state index contributed by atoms with van der Waals surface area (Å²) in [7, 11) is 0. The van der Waals surface area contributed by atoms with E-state index >= 15 is 0 Å². The number of nitrogen functional groups attached to an aromatic ring is 1. The van der Waals surface area contributed by atoms with Gasteiger partial charge in [0.1, 0.15) is 5.82 Å². The summed E-state index contributed by atoms with van der Waals surface area (Å²) in [5, 5.41) is 0. The molecule has 1 aliphatic rings. The molecule has 1 fully saturated rings. The van der Waals surface area contributed by atoms with Gasteiger partial charge in [-0.25, -0.2) is 15.8 Å². The number of nitrogens with one attached hydrogen (secondary N) is 1. The molecule has 3 rings (SSSR count). The van der Waals surface area contributed by atoms with E-state index < -0.39 is 0 Å². The lowest BCUT2D eigenvalue weighted by molar-refractivity contribution is 0.991. The summed E-state index contributed by atoms with van der Waals surface area (Å²) in [6, 6.07) is 10.3. The predicted octanol–water partition coefficient (Wildman–Crippen LogP) is 3.42. The first kappa shape index (κ1) is 13.4. The van der Waals surface area contributed by atoms with Crippen molar-refractivity contribution in [3.05, 3.63) is 36.0 Å². The van der Waals surface area contributed by atoms with Gasteiger partial charge in [0.25, 0.3) is 0 Å². The van der Waals surface area contributed by atoms with Crippen LogP contribution in [0.3, 0.4) is 0 Å². The molecule has 20 heavy (non-hydrogen) atoms. The second kappa shape index (κ2) is 5.81. The van der Waals surface area contributed by atoms with E-state index in [0.29, 0.717) is 11.7 Å². The van der Waals surface area contributed by atoms with Crippen molar-refractivity contribution in [2.45, 2.75) is 30.6 Å². The number of aromatic nitrogens is 2. The number of hydrazine groups is 1. The SMILES string of the molecule is CCSc1ccc(-c2nc(NN)cc(C3CC3)n2)cc1. The van der Waals surface area contributed by atoms with Crippen LogP contribution in [0.5, 0.6) is 0 Å². The van der Waals surface area contributed by atoms with Gasteiger partial charge in [-0.05, 0) is 30.7 Å². The molecule has 0 bridgehead atoms. The molecule has 1 aromatic heterocycles. The lowest BCUT2D eigenvalue weighted by atomic mass is 10.2. The topological polar surface area (TPSA) is 63.8 Å². The van der Waals surface area contributed by atoms with Crippen LogP contribution in [0.15, 0.2) is 35.2 Å². The number of nitrogens with two attached hydrogens (primary N) is 1. The third-order valence-corrected chi connectivity index (χ3v) is 4.21. The Labute approximate surface area is 123 Å². The number of thioether (sulfide) groups is 1. The molecule has 0 amide bonds. The molecule has 2 aromatic rings. The van der Waals surface area contributed by atoms with Crippen molar-refractivity contribution in [3.8, 4) is 11.4 Å². The number of benzene rings is 1. The van der Waals surface area contributed by atoms with Crippen LogP contribution in [-0.2, 0) is 0 Å². The van der Waals surface area contributed by atoms with Gasteiger partial charge >= 0.3 is 0 Å². The van der Waals surface area contributed by atoms with Crippen molar-refractivity contribution >= 4 is 17.6 Å². The normalized spacial score (nSPS) is 14.3. The zero-order valence-electron chi connectivity index (χ0n) is 11.5. The van der Waals surface area contributed by atoms with E-state index in [1.807, 2.05) is 17.8 Å². The summed E-state index contributed by atoms with van der Waals surface area (Å²) < 4.78 is 0. The fraction of sp³-hybridized carbons (Fsp3) is 0.333. The summed E-state index contributed by atoms with van der Waals surface area (Å²) in [6.45, 7) is 2.15. The molecule has 1 aliphatic carbocycles. The van der Waals surface area contributed by atoms with Crippen molar-refractivity contribution in [1.29, 1.82) is 0 Å². The Morgan fingerprint density at radius 3 is 2.60 bits per heavy atom. The first-order valence-corrected chi connectivity index (χ1v) is 7.87. The van der Waals surface area contributed by atoms with E-state index in [4.69, 9.17) is 5.84 Å². The van der Waals surface area contributed by atoms with Crippen LogP contribution >= 0.6 is 11.8 Å². The Balaban J connectivity index is 1.93. The van der Waals surface area contributed by atoms with Crippen molar-refractivity contribution in [3.63, 3.8) is 0 Å². The largest absolute Gasteiger partial charge is 0.308 e. The van der Waals surface area contributed by atoms with E-state index in [2.05, 4.69) is 46.6 Å². The molecular formula is C15H18N4S. The highest BCUT2D eigenvalue weighted by Gasteiger charge is 2.26. The molecule has 1 saturated carbocycles. The number of hydrogen-bond donors (Lipinski definition) is 2. The Morgan fingerprint density at radius 2 is 2.00 bits per heavy atom. The third-order valence-electron chi connectivity index (χ3n) is 3.31. The van der Waals surface area contributed by atoms with E-state index in [0.717, 1.165) is 22.8 Å². The molecule has 3 N–H and O–H groups in total. The highest BCUT2D eigenvalue weighted by atomic mass is 32.2. The van der Waals surface area contributed by atoms with Crippen molar-refractivity contribution in [2.24, 2.45) is 5.84 Å². The molecule has 1 aromatic carbocycles. The van der Waals surface area contributed by atoms with Gasteiger partial charge < -0.3 is 5.43 Å². The van der Waals surface area contributed by atoms with Gasteiger partial charge in [-0.1, -0.05) is 19.1 Å². The van der Waals surface area contributed by atoms with Crippen LogP contribution in [-0.4, -0.2) is 15.7 Å². The fourth-order valence-corrected chi connectivity index (χ4v) is 2.79. The average molecular weight is 286 g/mol. The zero-order valence-corrected chi connectivity index (χ0v) is 12.3. The molecule has 0 atom stereocenters. The van der Waals surface area contributed by atoms with Gasteiger partial charge in [0.15, 0.2) is 5.82 Å². The van der Waals surface area contributed by atoms with Gasteiger partial charge in [0.2, 0.25) is 0 Å². The first-order valence-electron chi connectivity index (χ1n) is 6.89. The number of rotatable bonds is 5. The summed E-state index contributed by atoms with van der Waals surface area (Å²) >= 11 is 1.83. The molecule has 0 unspecified atom stereocenters. The lowest BCUT2D eigenvalue weighted by Gasteiger charge is -2.07. The molecule has 4 nitrogen and oxygen atoms in total. The lowest BCUT2D eigenvalue weighted by Crippen LogP contribution is -2.10. The third kappa shape index (κ3) is 2.94. The molecule has 0 saturated heterocycles. The smallest absolute Gasteiger partial charge is 0.161 e. The molecule has 0 spiro atoms. The highest BCUT2D eigenvalue weighted by molar-refractivity contribution is 7.99. The Morgan fingerprint density at radius 1 is 1.25 bits per heavy atom. The zero-order chi connectivity index (χ0) is 13.9. The van der Waals surface area contributed by atoms with Crippen molar-refractivity contribution in [1.82, 2.24) is 9.97 Å². The van der Waals surface area contributed by atoms with Crippen LogP contribution < -0.4 is 11.3 Å². The van der Waals surface area contributed by atoms with Crippen LogP contribution in [0, 0.1) is 0 Å². The van der Waals surface area contributed by atoms with Crippen LogP contribution in [0.2, 0.25) is 0 Å². The van der Waals surface area contributed by atoms with Crippen LogP contribution in [0.25, 0.3) is 11.4 Å². The minimum atomic E-state index is 0.582. The second-order valence-corrected chi connectivity index (χ2v) is 6.22. The summed E-state index contributed by atoms with van der Waals surface area (Å²) in [5.74, 6) is 8.60. The van der Waals surface area contributed by atoms with Crippen molar-refractivity contribution < 1.29 is 0 Å². The average Bonchev–Trinajstić information content (AvgIpc) is 3.32. The summed E-state index contributed by atoms with van der Waals surface area (Å²) in [6.07, 6.45) is 2.43. The standard InChI is InChI=1S/C15H18N4S/c1-2-20-12-7-5-11(6-8-12)15-17-13(10-3-4-10)9-14(18-15)19-16/h5-10H,2-4,16H2,1H3,(H,17,18,19). The second-order valence-electron chi connectivity index (χ2n) is 4.88. The molecule has 1 heterocycles. The van der Waals surface area contributed by atoms with E-state index in [1.165, 1.54) is 17.7 Å². The van der Waals surface area contributed by atoms with E-state index in [9.17, 15) is 0 Å². The van der Waals surface area contributed by atoms with Gasteiger partial charge in [0, 0.05) is 28.1 Å². The number of nitrogens with zero attached hydrogens (tertiary/aromatic N) is 2. The molecule has 0 radical (unpaired) electrons.